The zero-order valence-electron chi connectivity index (χ0n) is 19.1. The van der Waals surface area contributed by atoms with E-state index in [0.29, 0.717) is 18.2 Å². The molecule has 0 unspecified atom stereocenters. The number of fused-ring (bicyclic) bond motifs is 1. The molecular weight excluding hydrogens is 564 g/mol. The minimum absolute atomic E-state index is 0.263. The van der Waals surface area contributed by atoms with Gasteiger partial charge in [-0.15, -0.1) is 8.78 Å². The molecule has 2 N–H and O–H groups in total. The van der Waals surface area contributed by atoms with E-state index >= 15 is 0 Å². The number of carbonyl (C=O) groups is 2. The smallest absolute Gasteiger partial charge is 0.496 e. The summed E-state index contributed by atoms with van der Waals surface area (Å²) in [6, 6.07) is 5.73. The number of nitrogens with zero attached hydrogens (tertiary/aromatic N) is 1. The van der Waals surface area contributed by atoms with Crippen LogP contribution in [0.3, 0.4) is 0 Å². The van der Waals surface area contributed by atoms with E-state index in [-0.39, 0.29) is 5.75 Å². The van der Waals surface area contributed by atoms with E-state index in [1.54, 1.807) is 0 Å². The van der Waals surface area contributed by atoms with Crippen LogP contribution in [0.4, 0.5) is 37.7 Å². The van der Waals surface area contributed by atoms with Crippen molar-refractivity contribution < 1.29 is 58.6 Å². The second kappa shape index (κ2) is 9.64. The molecule has 0 aliphatic carbocycles. The molecule has 0 saturated heterocycles. The van der Waals surface area contributed by atoms with Crippen LogP contribution in [-0.4, -0.2) is 44.1 Å². The molecule has 1 aromatic heterocycles. The number of aromatic nitrogens is 1. The molecule has 206 valence electrons. The summed E-state index contributed by atoms with van der Waals surface area (Å²) in [6.07, 6.45) is -3.14. The summed E-state index contributed by atoms with van der Waals surface area (Å²) in [4.78, 5) is 28.0. The quantitative estimate of drug-likeness (QED) is 0.327. The maximum absolute atomic E-state index is 14.3. The normalized spacial score (nSPS) is 14.0. The first-order chi connectivity index (χ1) is 18.1. The number of sulfone groups is 1. The fourth-order valence-electron chi connectivity index (χ4n) is 3.34. The Kier molecular flexibility index (Phi) is 6.80. The molecule has 2 aromatic carbocycles. The predicted octanol–water partition coefficient (Wildman–Crippen LogP) is 4.35. The van der Waals surface area contributed by atoms with E-state index < -0.39 is 78.3 Å². The van der Waals surface area contributed by atoms with Crippen LogP contribution in [0.2, 0.25) is 0 Å². The molecular formula is C22H13F6N3O7S. The second-order valence-corrected chi connectivity index (χ2v) is 9.52. The molecule has 17 heteroatoms. The number of alkyl halides is 5. The van der Waals surface area contributed by atoms with Crippen molar-refractivity contribution in [1.29, 1.82) is 0 Å². The topological polar surface area (TPSA) is 133 Å². The third kappa shape index (κ3) is 5.38. The molecule has 0 bridgehead atoms. The minimum Gasteiger partial charge on any atom is -0.496 e. The van der Waals surface area contributed by atoms with E-state index in [9.17, 15) is 44.3 Å². The number of carbonyl (C=O) groups excluding carboxylic acids is 2. The summed E-state index contributed by atoms with van der Waals surface area (Å²) in [5, 5.41) is 4.24. The Labute approximate surface area is 214 Å². The van der Waals surface area contributed by atoms with Crippen molar-refractivity contribution in [2.45, 2.75) is 16.7 Å². The van der Waals surface area contributed by atoms with Crippen molar-refractivity contribution in [3.63, 3.8) is 0 Å². The standard InChI is InChI=1S/C22H13F6N3O7S/c1-36-14-5-6-29-18(23)17(14)20(33)31-13-9-16-15(37-22(27,28)38-16)8-12(13)19(32)30-10-3-2-4-11(7-10)39(34,35)21(24,25)26/h2-9H,1H3,(H,30,32)(H,31,33). The Morgan fingerprint density at radius 1 is 1.00 bits per heavy atom. The number of nitrogens with one attached hydrogen (secondary N) is 2. The number of benzene rings is 2. The summed E-state index contributed by atoms with van der Waals surface area (Å²) < 4.78 is 117. The highest BCUT2D eigenvalue weighted by Gasteiger charge is 2.47. The van der Waals surface area contributed by atoms with Gasteiger partial charge in [-0.3, -0.25) is 9.59 Å². The number of rotatable bonds is 6. The maximum atomic E-state index is 14.3. The Morgan fingerprint density at radius 2 is 1.67 bits per heavy atom. The number of halogens is 6. The molecule has 0 saturated carbocycles. The molecule has 0 fully saturated rings. The molecule has 0 radical (unpaired) electrons. The Morgan fingerprint density at radius 3 is 2.31 bits per heavy atom. The van der Waals surface area contributed by atoms with Gasteiger partial charge < -0.3 is 24.8 Å². The molecule has 2 heterocycles. The second-order valence-electron chi connectivity index (χ2n) is 7.58. The van der Waals surface area contributed by atoms with Crippen LogP contribution >= 0.6 is 0 Å². The van der Waals surface area contributed by atoms with Gasteiger partial charge >= 0.3 is 11.8 Å². The van der Waals surface area contributed by atoms with Crippen molar-refractivity contribution in [2.24, 2.45) is 0 Å². The van der Waals surface area contributed by atoms with Crippen molar-refractivity contribution in [1.82, 2.24) is 4.98 Å². The molecule has 0 spiro atoms. The van der Waals surface area contributed by atoms with E-state index in [1.165, 1.54) is 0 Å². The van der Waals surface area contributed by atoms with Gasteiger partial charge in [0.2, 0.25) is 5.95 Å². The highest BCUT2D eigenvalue weighted by molar-refractivity contribution is 7.92. The summed E-state index contributed by atoms with van der Waals surface area (Å²) >= 11 is 0. The first-order valence-electron chi connectivity index (χ1n) is 10.3. The van der Waals surface area contributed by atoms with Crippen LogP contribution in [0, 0.1) is 5.95 Å². The summed E-state index contributed by atoms with van der Waals surface area (Å²) in [5.74, 6) is -5.25. The van der Waals surface area contributed by atoms with Crippen molar-refractivity contribution in [2.75, 3.05) is 17.7 Å². The number of pyridine rings is 1. The van der Waals surface area contributed by atoms with Gasteiger partial charge in [0.25, 0.3) is 21.7 Å². The van der Waals surface area contributed by atoms with Gasteiger partial charge in [-0.1, -0.05) is 6.07 Å². The first-order valence-corrected chi connectivity index (χ1v) is 11.8. The molecule has 3 aromatic rings. The van der Waals surface area contributed by atoms with Crippen LogP contribution in [-0.2, 0) is 9.84 Å². The van der Waals surface area contributed by atoms with Gasteiger partial charge in [-0.2, -0.15) is 17.6 Å². The lowest BCUT2D eigenvalue weighted by atomic mass is 10.1. The van der Waals surface area contributed by atoms with E-state index in [2.05, 4.69) is 25.1 Å². The van der Waals surface area contributed by atoms with Crippen LogP contribution in [0.25, 0.3) is 0 Å². The summed E-state index contributed by atoms with van der Waals surface area (Å²) in [5.41, 5.74) is -7.90. The lowest BCUT2D eigenvalue weighted by molar-refractivity contribution is -0.286. The number of hydrogen-bond donors (Lipinski definition) is 2. The van der Waals surface area contributed by atoms with Crippen molar-refractivity contribution in [3.05, 3.63) is 65.7 Å². The zero-order valence-corrected chi connectivity index (χ0v) is 19.9. The lowest BCUT2D eigenvalue weighted by Gasteiger charge is -2.14. The van der Waals surface area contributed by atoms with Crippen molar-refractivity contribution in [3.8, 4) is 17.2 Å². The molecule has 1 aliphatic heterocycles. The Hall–Kier alpha value is -4.54. The fourth-order valence-corrected chi connectivity index (χ4v) is 4.15. The lowest BCUT2D eigenvalue weighted by Crippen LogP contribution is -2.25. The monoisotopic (exact) mass is 577 g/mol. The largest absolute Gasteiger partial charge is 0.586 e. The van der Waals surface area contributed by atoms with E-state index in [0.717, 1.165) is 37.6 Å². The predicted molar refractivity (Wildman–Crippen MR) is 119 cm³/mol. The molecule has 1 aliphatic rings. The molecule has 0 atom stereocenters. The highest BCUT2D eigenvalue weighted by Crippen LogP contribution is 2.44. The zero-order chi connectivity index (χ0) is 28.8. The third-order valence-electron chi connectivity index (χ3n) is 5.05. The Bertz CT molecular complexity index is 1600. The van der Waals surface area contributed by atoms with Crippen molar-refractivity contribution >= 4 is 33.0 Å². The molecule has 39 heavy (non-hydrogen) atoms. The van der Waals surface area contributed by atoms with Crippen LogP contribution in [0.1, 0.15) is 20.7 Å². The number of ether oxygens (including phenoxy) is 3. The van der Waals surface area contributed by atoms with Gasteiger partial charge in [-0.05, 0) is 30.3 Å². The highest BCUT2D eigenvalue weighted by atomic mass is 32.2. The average molecular weight is 577 g/mol. The van der Waals surface area contributed by atoms with Gasteiger partial charge in [0.15, 0.2) is 11.5 Å². The fraction of sp³-hybridized carbons (Fsp3) is 0.136. The average Bonchev–Trinajstić information content (AvgIpc) is 3.15. The molecule has 4 rings (SSSR count). The third-order valence-corrected chi connectivity index (χ3v) is 6.54. The van der Waals surface area contributed by atoms with Gasteiger partial charge in [0.05, 0.1) is 23.3 Å². The number of anilines is 2. The van der Waals surface area contributed by atoms with Crippen LogP contribution in [0.15, 0.2) is 53.6 Å². The van der Waals surface area contributed by atoms with E-state index in [1.807, 2.05) is 0 Å². The van der Waals surface area contributed by atoms with E-state index in [4.69, 9.17) is 4.74 Å². The van der Waals surface area contributed by atoms with Crippen LogP contribution in [0.5, 0.6) is 17.2 Å². The minimum atomic E-state index is -5.77. The molecule has 10 nitrogen and oxygen atoms in total. The Balaban J connectivity index is 1.72. The molecule has 2 amide bonds. The number of methoxy groups -OCH3 is 1. The van der Waals surface area contributed by atoms with Gasteiger partial charge in [0.1, 0.15) is 11.3 Å². The first kappa shape index (κ1) is 27.5. The maximum Gasteiger partial charge on any atom is 0.586 e. The van der Waals surface area contributed by atoms with Gasteiger partial charge in [0, 0.05) is 18.0 Å². The van der Waals surface area contributed by atoms with Crippen LogP contribution < -0.4 is 24.8 Å². The summed E-state index contributed by atoms with van der Waals surface area (Å²) in [7, 11) is -4.64. The number of hydrogen-bond acceptors (Lipinski definition) is 8. The summed E-state index contributed by atoms with van der Waals surface area (Å²) in [6.45, 7) is 0. The van der Waals surface area contributed by atoms with Gasteiger partial charge in [-0.25, -0.2) is 13.4 Å². The number of amides is 2. The SMILES string of the molecule is COc1ccnc(F)c1C(=O)Nc1cc2c(cc1C(=O)Nc1cccc(S(=O)(=O)C(F)(F)F)c1)OC(F)(F)O2.